The van der Waals surface area contributed by atoms with E-state index in [4.69, 9.17) is 18.9 Å². The molecule has 0 spiro atoms. The van der Waals surface area contributed by atoms with Gasteiger partial charge in [0.1, 0.15) is 11.5 Å². The highest BCUT2D eigenvalue weighted by Crippen LogP contribution is 2.26. The molecule has 0 aliphatic rings. The summed E-state index contributed by atoms with van der Waals surface area (Å²) >= 11 is 0. The van der Waals surface area contributed by atoms with E-state index in [1.165, 1.54) is 0 Å². The monoisotopic (exact) mass is 336 g/mol. The molecule has 24 heavy (non-hydrogen) atoms. The molecule has 0 N–H and O–H groups in total. The molecule has 0 saturated heterocycles. The minimum atomic E-state index is -0.967. The van der Waals surface area contributed by atoms with Crippen LogP contribution in [0, 0.1) is 5.92 Å². The van der Waals surface area contributed by atoms with Gasteiger partial charge < -0.3 is 18.9 Å². The number of allylic oxidation sites excluding steroid dienone is 1. The highest BCUT2D eigenvalue weighted by molar-refractivity contribution is 5.95. The molecule has 1 aromatic carbocycles. The van der Waals surface area contributed by atoms with Gasteiger partial charge in [-0.15, -0.1) is 0 Å². The first-order valence-corrected chi connectivity index (χ1v) is 7.79. The van der Waals surface area contributed by atoms with Crippen LogP contribution >= 0.6 is 0 Å². The fourth-order valence-electron chi connectivity index (χ4n) is 2.06. The largest absolute Gasteiger partial charge is 0.497 e. The van der Waals surface area contributed by atoms with Crippen LogP contribution in [-0.4, -0.2) is 39.4 Å². The van der Waals surface area contributed by atoms with Crippen LogP contribution < -0.4 is 9.47 Å². The molecule has 1 rings (SSSR count). The first-order chi connectivity index (χ1) is 11.6. The van der Waals surface area contributed by atoms with E-state index in [1.54, 1.807) is 52.4 Å². The summed E-state index contributed by atoms with van der Waals surface area (Å²) in [6.07, 6.45) is 3.69. The van der Waals surface area contributed by atoms with E-state index in [2.05, 4.69) is 0 Å². The predicted octanol–water partition coefficient (Wildman–Crippen LogP) is 2.85. The lowest BCUT2D eigenvalue weighted by atomic mass is 10.0. The Balaban J connectivity index is 2.87. The second-order valence-electron chi connectivity index (χ2n) is 4.80. The Bertz CT molecular complexity index is 561. The molecule has 0 aliphatic carbocycles. The first-order valence-electron chi connectivity index (χ1n) is 7.79. The van der Waals surface area contributed by atoms with Crippen LogP contribution in [0.1, 0.15) is 25.8 Å². The topological polar surface area (TPSA) is 71.1 Å². The second-order valence-corrected chi connectivity index (χ2v) is 4.80. The van der Waals surface area contributed by atoms with Crippen LogP contribution in [0.15, 0.2) is 24.3 Å². The number of methoxy groups -OCH3 is 2. The maximum absolute atomic E-state index is 11.9. The summed E-state index contributed by atoms with van der Waals surface area (Å²) in [5.41, 5.74) is 0.810. The van der Waals surface area contributed by atoms with Gasteiger partial charge in [0.15, 0.2) is 5.92 Å². The van der Waals surface area contributed by atoms with Crippen molar-refractivity contribution in [1.82, 2.24) is 0 Å². The molecule has 0 heterocycles. The van der Waals surface area contributed by atoms with Crippen molar-refractivity contribution < 1.29 is 28.5 Å². The summed E-state index contributed by atoms with van der Waals surface area (Å²) in [7, 11) is 3.14. The highest BCUT2D eigenvalue weighted by Gasteiger charge is 2.28. The van der Waals surface area contributed by atoms with Gasteiger partial charge >= 0.3 is 11.9 Å². The minimum absolute atomic E-state index is 0.187. The molecule has 0 atom stereocenters. The molecule has 132 valence electrons. The van der Waals surface area contributed by atoms with E-state index >= 15 is 0 Å². The van der Waals surface area contributed by atoms with Gasteiger partial charge in [0, 0.05) is 11.6 Å². The quantitative estimate of drug-likeness (QED) is 0.510. The summed E-state index contributed by atoms with van der Waals surface area (Å²) in [5, 5.41) is 0. The normalized spacial score (nSPS) is 10.7. The number of esters is 2. The SMILES string of the molecule is CCOC(=O)C(C/C=C/c1ccc(OC)cc1OC)C(=O)OCC. The van der Waals surface area contributed by atoms with E-state index in [9.17, 15) is 9.59 Å². The van der Waals surface area contributed by atoms with Crippen molar-refractivity contribution in [2.24, 2.45) is 5.92 Å². The maximum atomic E-state index is 11.9. The van der Waals surface area contributed by atoms with Gasteiger partial charge in [-0.25, -0.2) is 0 Å². The van der Waals surface area contributed by atoms with Crippen LogP contribution in [0.5, 0.6) is 11.5 Å². The van der Waals surface area contributed by atoms with E-state index in [0.29, 0.717) is 11.5 Å². The number of benzene rings is 1. The van der Waals surface area contributed by atoms with Crippen LogP contribution in [0.3, 0.4) is 0 Å². The summed E-state index contributed by atoms with van der Waals surface area (Å²) in [6, 6.07) is 5.39. The molecule has 0 amide bonds. The predicted molar refractivity (Wildman–Crippen MR) is 90.0 cm³/mol. The molecule has 0 unspecified atom stereocenters. The van der Waals surface area contributed by atoms with E-state index in [-0.39, 0.29) is 19.6 Å². The Morgan fingerprint density at radius 3 is 2.17 bits per heavy atom. The average molecular weight is 336 g/mol. The van der Waals surface area contributed by atoms with Crippen molar-refractivity contribution in [3.63, 3.8) is 0 Å². The lowest BCUT2D eigenvalue weighted by molar-refractivity contribution is -0.161. The molecule has 6 nitrogen and oxygen atoms in total. The zero-order chi connectivity index (χ0) is 17.9. The van der Waals surface area contributed by atoms with Crippen LogP contribution in [0.2, 0.25) is 0 Å². The van der Waals surface area contributed by atoms with Crippen molar-refractivity contribution in [2.75, 3.05) is 27.4 Å². The molecule has 0 aromatic heterocycles. The Morgan fingerprint density at radius 2 is 1.67 bits per heavy atom. The van der Waals surface area contributed by atoms with Crippen LogP contribution in [0.25, 0.3) is 6.08 Å². The third-order valence-corrected chi connectivity index (χ3v) is 3.25. The molecule has 6 heteroatoms. The number of hydrogen-bond donors (Lipinski definition) is 0. The summed E-state index contributed by atoms with van der Waals surface area (Å²) in [4.78, 5) is 23.8. The van der Waals surface area contributed by atoms with E-state index in [0.717, 1.165) is 5.56 Å². The maximum Gasteiger partial charge on any atom is 0.320 e. The molecule has 0 bridgehead atoms. The number of carbonyl (C=O) groups is 2. The zero-order valence-corrected chi connectivity index (χ0v) is 14.5. The van der Waals surface area contributed by atoms with Crippen molar-refractivity contribution in [2.45, 2.75) is 20.3 Å². The van der Waals surface area contributed by atoms with Crippen LogP contribution in [0.4, 0.5) is 0 Å². The molecular weight excluding hydrogens is 312 g/mol. The summed E-state index contributed by atoms with van der Waals surface area (Å²) in [6.45, 7) is 3.81. The van der Waals surface area contributed by atoms with Crippen molar-refractivity contribution in [3.8, 4) is 11.5 Å². The fraction of sp³-hybridized carbons (Fsp3) is 0.444. The highest BCUT2D eigenvalue weighted by atomic mass is 16.6. The van der Waals surface area contributed by atoms with Gasteiger partial charge in [-0.2, -0.15) is 0 Å². The molecule has 0 radical (unpaired) electrons. The first kappa shape index (κ1) is 19.5. The van der Waals surface area contributed by atoms with Gasteiger partial charge in [-0.3, -0.25) is 9.59 Å². The Kier molecular flexibility index (Phi) is 8.39. The zero-order valence-electron chi connectivity index (χ0n) is 14.5. The van der Waals surface area contributed by atoms with E-state index in [1.807, 2.05) is 6.07 Å². The van der Waals surface area contributed by atoms with Crippen molar-refractivity contribution in [3.05, 3.63) is 29.8 Å². The smallest absolute Gasteiger partial charge is 0.320 e. The minimum Gasteiger partial charge on any atom is -0.497 e. The fourth-order valence-corrected chi connectivity index (χ4v) is 2.06. The van der Waals surface area contributed by atoms with Gasteiger partial charge in [-0.1, -0.05) is 12.2 Å². The molecule has 0 saturated carbocycles. The Hall–Kier alpha value is -2.50. The number of carbonyl (C=O) groups excluding carboxylic acids is 2. The number of rotatable bonds is 9. The Morgan fingerprint density at radius 1 is 1.04 bits per heavy atom. The summed E-state index contributed by atoms with van der Waals surface area (Å²) in [5.74, 6) is -0.815. The number of hydrogen-bond acceptors (Lipinski definition) is 6. The number of ether oxygens (including phenoxy) is 4. The molecule has 1 aromatic rings. The molecule has 0 aliphatic heterocycles. The molecule has 0 fully saturated rings. The van der Waals surface area contributed by atoms with Gasteiger partial charge in [0.2, 0.25) is 0 Å². The van der Waals surface area contributed by atoms with Gasteiger partial charge in [0.05, 0.1) is 27.4 Å². The van der Waals surface area contributed by atoms with Gasteiger partial charge in [-0.05, 0) is 32.4 Å². The Labute approximate surface area is 142 Å². The van der Waals surface area contributed by atoms with E-state index < -0.39 is 17.9 Å². The molecular formula is C18H24O6. The lowest BCUT2D eigenvalue weighted by Crippen LogP contribution is -2.27. The standard InChI is InChI=1S/C18H24O6/c1-5-23-17(19)15(18(20)24-6-2)9-7-8-13-10-11-14(21-3)12-16(13)22-4/h7-8,10-12,15H,5-6,9H2,1-4H3/b8-7+. The lowest BCUT2D eigenvalue weighted by Gasteiger charge is -2.12. The third-order valence-electron chi connectivity index (χ3n) is 3.25. The van der Waals surface area contributed by atoms with Crippen LogP contribution in [-0.2, 0) is 19.1 Å². The average Bonchev–Trinajstić information content (AvgIpc) is 2.58. The van der Waals surface area contributed by atoms with Crippen molar-refractivity contribution in [1.29, 1.82) is 0 Å². The third kappa shape index (κ3) is 5.61. The summed E-state index contributed by atoms with van der Waals surface area (Å²) < 4.78 is 20.3. The van der Waals surface area contributed by atoms with Crippen molar-refractivity contribution >= 4 is 18.0 Å². The van der Waals surface area contributed by atoms with Gasteiger partial charge in [0.25, 0.3) is 0 Å². The second kappa shape index (κ2) is 10.3.